The van der Waals surface area contributed by atoms with Gasteiger partial charge in [0.15, 0.2) is 5.82 Å². The second kappa shape index (κ2) is 4.72. The summed E-state index contributed by atoms with van der Waals surface area (Å²) in [6, 6.07) is 0. The highest BCUT2D eigenvalue weighted by Crippen LogP contribution is 2.18. The Morgan fingerprint density at radius 3 is 2.79 bits per heavy atom. The Morgan fingerprint density at radius 2 is 2.21 bits per heavy atom. The molecule has 2 rings (SSSR count). The summed E-state index contributed by atoms with van der Waals surface area (Å²) < 4.78 is 10.7. The molecule has 1 N–H and O–H groups in total. The van der Waals surface area contributed by atoms with Gasteiger partial charge in [-0.2, -0.15) is 4.98 Å². The number of rotatable bonds is 1. The fourth-order valence-electron chi connectivity index (χ4n) is 1.38. The van der Waals surface area contributed by atoms with Crippen molar-refractivity contribution in [1.82, 2.24) is 15.5 Å². The smallest absolute Gasteiger partial charge is 0.257 e. The molecule has 2 atom stereocenters. The molecule has 1 aromatic rings. The average molecular weight is 220 g/mol. The molecule has 0 unspecified atom stereocenters. The Labute approximate surface area is 88.6 Å². The van der Waals surface area contributed by atoms with Crippen LogP contribution in [0.5, 0.6) is 0 Å². The van der Waals surface area contributed by atoms with Gasteiger partial charge in [0.25, 0.3) is 5.89 Å². The van der Waals surface area contributed by atoms with Crippen molar-refractivity contribution in [2.24, 2.45) is 0 Å². The predicted molar refractivity (Wildman–Crippen MR) is 52.4 cm³/mol. The Kier molecular flexibility index (Phi) is 3.86. The number of aromatic nitrogens is 2. The van der Waals surface area contributed by atoms with Gasteiger partial charge in [0.1, 0.15) is 6.10 Å². The quantitative estimate of drug-likeness (QED) is 0.759. The standard InChI is InChI=1S/C8H13N3O2.ClH/c1-5-3-9-4-7(12-5)8-10-6(2)11-13-8;/h5,7,9H,3-4H2,1-2H3;1H/t5-,7-;/m1./s1. The van der Waals surface area contributed by atoms with Crippen molar-refractivity contribution in [3.8, 4) is 0 Å². The third-order valence-corrected chi connectivity index (χ3v) is 1.98. The maximum absolute atomic E-state index is 5.63. The van der Waals surface area contributed by atoms with Crippen molar-refractivity contribution in [1.29, 1.82) is 0 Å². The summed E-state index contributed by atoms with van der Waals surface area (Å²) in [5.41, 5.74) is 0. The Morgan fingerprint density at radius 1 is 1.43 bits per heavy atom. The van der Waals surface area contributed by atoms with Gasteiger partial charge in [0, 0.05) is 13.1 Å². The van der Waals surface area contributed by atoms with Crippen LogP contribution in [0.2, 0.25) is 0 Å². The van der Waals surface area contributed by atoms with Crippen LogP contribution in [0.3, 0.4) is 0 Å². The summed E-state index contributed by atoms with van der Waals surface area (Å²) in [5.74, 6) is 1.22. The van der Waals surface area contributed by atoms with Crippen LogP contribution in [0.15, 0.2) is 4.52 Å². The molecule has 0 saturated carbocycles. The minimum Gasteiger partial charge on any atom is -0.363 e. The molecule has 0 radical (unpaired) electrons. The summed E-state index contributed by atoms with van der Waals surface area (Å²) in [5, 5.41) is 6.96. The van der Waals surface area contributed by atoms with Gasteiger partial charge in [0.05, 0.1) is 6.10 Å². The zero-order chi connectivity index (χ0) is 9.26. The number of ether oxygens (including phenoxy) is 1. The highest BCUT2D eigenvalue weighted by atomic mass is 35.5. The number of hydrogen-bond acceptors (Lipinski definition) is 5. The number of halogens is 1. The van der Waals surface area contributed by atoms with Gasteiger partial charge >= 0.3 is 0 Å². The largest absolute Gasteiger partial charge is 0.363 e. The average Bonchev–Trinajstić information content (AvgIpc) is 2.52. The van der Waals surface area contributed by atoms with Crippen molar-refractivity contribution in [3.05, 3.63) is 11.7 Å². The van der Waals surface area contributed by atoms with Crippen LogP contribution < -0.4 is 5.32 Å². The molecular weight excluding hydrogens is 206 g/mol. The minimum absolute atomic E-state index is 0. The summed E-state index contributed by atoms with van der Waals surface area (Å²) in [6.45, 7) is 5.44. The van der Waals surface area contributed by atoms with Gasteiger partial charge in [-0.05, 0) is 13.8 Å². The first kappa shape index (κ1) is 11.4. The molecule has 1 aromatic heterocycles. The van der Waals surface area contributed by atoms with E-state index in [1.165, 1.54) is 0 Å². The Balaban J connectivity index is 0.000000980. The third kappa shape index (κ3) is 2.43. The number of hydrogen-bond donors (Lipinski definition) is 1. The van der Waals surface area contributed by atoms with E-state index in [1.54, 1.807) is 6.92 Å². The molecule has 1 aliphatic heterocycles. The molecule has 5 nitrogen and oxygen atoms in total. The lowest BCUT2D eigenvalue weighted by Gasteiger charge is -2.25. The second-order valence-electron chi connectivity index (χ2n) is 3.27. The molecule has 0 bridgehead atoms. The van der Waals surface area contributed by atoms with Crippen LogP contribution in [0.1, 0.15) is 24.7 Å². The van der Waals surface area contributed by atoms with Gasteiger partial charge in [0.2, 0.25) is 0 Å². The van der Waals surface area contributed by atoms with Crippen LogP contribution in [-0.4, -0.2) is 29.3 Å². The van der Waals surface area contributed by atoms with E-state index in [1.807, 2.05) is 6.92 Å². The van der Waals surface area contributed by atoms with Crippen LogP contribution in [0, 0.1) is 6.92 Å². The van der Waals surface area contributed by atoms with Crippen molar-refractivity contribution in [2.75, 3.05) is 13.1 Å². The number of morpholine rings is 1. The first-order chi connectivity index (χ1) is 6.25. The van der Waals surface area contributed by atoms with Gasteiger partial charge < -0.3 is 14.6 Å². The SMILES string of the molecule is Cc1noc([C@H]2CNC[C@@H](C)O2)n1.Cl. The van der Waals surface area contributed by atoms with Crippen LogP contribution in [0.4, 0.5) is 0 Å². The van der Waals surface area contributed by atoms with Crippen LogP contribution in [-0.2, 0) is 4.74 Å². The molecule has 0 aliphatic carbocycles. The van der Waals surface area contributed by atoms with Crippen molar-refractivity contribution in [2.45, 2.75) is 26.1 Å². The molecule has 0 aromatic carbocycles. The van der Waals surface area contributed by atoms with E-state index in [0.717, 1.165) is 13.1 Å². The highest BCUT2D eigenvalue weighted by molar-refractivity contribution is 5.85. The fourth-order valence-corrected chi connectivity index (χ4v) is 1.38. The van der Waals surface area contributed by atoms with E-state index in [-0.39, 0.29) is 24.6 Å². The lowest BCUT2D eigenvalue weighted by Crippen LogP contribution is -2.39. The van der Waals surface area contributed by atoms with Crippen molar-refractivity contribution < 1.29 is 9.26 Å². The van der Waals surface area contributed by atoms with Gasteiger partial charge in [-0.15, -0.1) is 12.4 Å². The maximum Gasteiger partial charge on any atom is 0.257 e. The summed E-state index contributed by atoms with van der Waals surface area (Å²) in [7, 11) is 0. The number of aryl methyl sites for hydroxylation is 1. The molecule has 1 aliphatic rings. The molecule has 1 fully saturated rings. The van der Waals surface area contributed by atoms with Gasteiger partial charge in [-0.1, -0.05) is 5.16 Å². The van der Waals surface area contributed by atoms with Crippen molar-refractivity contribution >= 4 is 12.4 Å². The summed E-state index contributed by atoms with van der Waals surface area (Å²) in [4.78, 5) is 4.13. The van der Waals surface area contributed by atoms with E-state index in [4.69, 9.17) is 9.26 Å². The topological polar surface area (TPSA) is 60.2 Å². The second-order valence-corrected chi connectivity index (χ2v) is 3.27. The Hall–Kier alpha value is -0.650. The lowest BCUT2D eigenvalue weighted by atomic mass is 10.2. The van der Waals surface area contributed by atoms with E-state index in [2.05, 4.69) is 15.5 Å². The van der Waals surface area contributed by atoms with Gasteiger partial charge in [-0.25, -0.2) is 0 Å². The number of nitrogens with one attached hydrogen (secondary N) is 1. The van der Waals surface area contributed by atoms with Crippen LogP contribution >= 0.6 is 12.4 Å². The Bertz CT molecular complexity index is 292. The molecule has 1 saturated heterocycles. The zero-order valence-electron chi connectivity index (χ0n) is 8.19. The first-order valence-electron chi connectivity index (χ1n) is 4.42. The molecule has 2 heterocycles. The van der Waals surface area contributed by atoms with Crippen LogP contribution in [0.25, 0.3) is 0 Å². The van der Waals surface area contributed by atoms with E-state index >= 15 is 0 Å². The summed E-state index contributed by atoms with van der Waals surface area (Å²) in [6.07, 6.45) is 0.107. The molecule has 0 spiro atoms. The third-order valence-electron chi connectivity index (χ3n) is 1.98. The molecule has 0 amide bonds. The highest BCUT2D eigenvalue weighted by Gasteiger charge is 2.24. The zero-order valence-corrected chi connectivity index (χ0v) is 9.00. The van der Waals surface area contributed by atoms with E-state index in [0.29, 0.717) is 11.7 Å². The predicted octanol–water partition coefficient (Wildman–Crippen LogP) is 0.849. The normalized spacial score (nSPS) is 27.0. The fraction of sp³-hybridized carbons (Fsp3) is 0.750. The van der Waals surface area contributed by atoms with Crippen molar-refractivity contribution in [3.63, 3.8) is 0 Å². The van der Waals surface area contributed by atoms with Gasteiger partial charge in [-0.3, -0.25) is 0 Å². The first-order valence-corrected chi connectivity index (χ1v) is 4.42. The monoisotopic (exact) mass is 219 g/mol. The molecule has 14 heavy (non-hydrogen) atoms. The summed E-state index contributed by atoms with van der Waals surface area (Å²) >= 11 is 0. The molecular formula is C8H14ClN3O2. The molecule has 6 heteroatoms. The van der Waals surface area contributed by atoms with E-state index < -0.39 is 0 Å². The minimum atomic E-state index is -0.0926. The lowest BCUT2D eigenvalue weighted by molar-refractivity contribution is -0.0438. The van der Waals surface area contributed by atoms with E-state index in [9.17, 15) is 0 Å². The maximum atomic E-state index is 5.63. The number of nitrogens with zero attached hydrogens (tertiary/aromatic N) is 2. The molecule has 80 valence electrons.